The van der Waals surface area contributed by atoms with Crippen LogP contribution in [0.15, 0.2) is 221 Å². The molecule has 4 aromatic heterocycles. The molecule has 4 heterocycles. The number of nitrogens with zero attached hydrogens (tertiary/aromatic N) is 3. The van der Waals surface area contributed by atoms with Crippen LogP contribution in [0.25, 0.3) is 133 Å². The van der Waals surface area contributed by atoms with E-state index in [1.807, 2.05) is 48.5 Å². The fraction of sp³-hybridized carbons (Fsp3) is 0. The average molecular weight is 818 g/mol. The smallest absolute Gasteiger partial charge is 0.160 e. The third-order valence-corrected chi connectivity index (χ3v) is 12.5. The number of hydrogen-bond donors (Lipinski definition) is 0. The molecule has 0 spiro atoms. The summed E-state index contributed by atoms with van der Waals surface area (Å²) in [6.45, 7) is 0. The van der Waals surface area contributed by atoms with Crippen LogP contribution in [0.3, 0.4) is 0 Å². The zero-order valence-corrected chi connectivity index (χ0v) is 34.4. The third-order valence-electron chi connectivity index (χ3n) is 12.5. The second-order valence-electron chi connectivity index (χ2n) is 16.3. The maximum Gasteiger partial charge on any atom is 0.160 e. The number of hydrogen-bond acceptors (Lipinski definition) is 5. The summed E-state index contributed by atoms with van der Waals surface area (Å²) in [5, 5.41) is 7.65. The fourth-order valence-electron chi connectivity index (χ4n) is 9.51. The van der Waals surface area contributed by atoms with E-state index in [0.717, 1.165) is 127 Å². The van der Waals surface area contributed by atoms with Crippen molar-refractivity contribution in [3.8, 4) is 67.4 Å². The van der Waals surface area contributed by atoms with Gasteiger partial charge in [0.2, 0.25) is 0 Å². The fourth-order valence-corrected chi connectivity index (χ4v) is 9.51. The van der Waals surface area contributed by atoms with E-state index >= 15 is 0 Å². The van der Waals surface area contributed by atoms with Crippen molar-refractivity contribution >= 4 is 65.6 Å². The Hall–Kier alpha value is -8.67. The van der Waals surface area contributed by atoms with Gasteiger partial charge in [0.05, 0.1) is 22.6 Å². The van der Waals surface area contributed by atoms with Gasteiger partial charge in [-0.2, -0.15) is 0 Å². The molecule has 5 heteroatoms. The third kappa shape index (κ3) is 5.83. The van der Waals surface area contributed by atoms with E-state index in [9.17, 15) is 0 Å². The minimum atomic E-state index is 0.662. The van der Waals surface area contributed by atoms with Crippen LogP contribution in [-0.2, 0) is 0 Å². The molecule has 64 heavy (non-hydrogen) atoms. The number of pyridine rings is 1. The predicted octanol–water partition coefficient (Wildman–Crippen LogP) is 16.0. The van der Waals surface area contributed by atoms with Crippen LogP contribution >= 0.6 is 0 Å². The minimum Gasteiger partial charge on any atom is -0.456 e. The summed E-state index contributed by atoms with van der Waals surface area (Å²) in [7, 11) is 0. The number of para-hydroxylation sites is 4. The molecular formula is C59H35N3O2. The maximum absolute atomic E-state index is 6.65. The Morgan fingerprint density at radius 3 is 1.70 bits per heavy atom. The van der Waals surface area contributed by atoms with Crippen molar-refractivity contribution in [1.82, 2.24) is 15.0 Å². The summed E-state index contributed by atoms with van der Waals surface area (Å²) in [6, 6.07) is 73.7. The Kier molecular flexibility index (Phi) is 8.15. The number of aromatic nitrogens is 3. The molecule has 0 aliphatic heterocycles. The van der Waals surface area contributed by atoms with Gasteiger partial charge >= 0.3 is 0 Å². The van der Waals surface area contributed by atoms with Gasteiger partial charge in [0.25, 0.3) is 0 Å². The quantitative estimate of drug-likeness (QED) is 0.156. The topological polar surface area (TPSA) is 65.0 Å². The van der Waals surface area contributed by atoms with Crippen molar-refractivity contribution in [3.63, 3.8) is 0 Å². The molecule has 0 aliphatic rings. The second-order valence-corrected chi connectivity index (χ2v) is 16.3. The summed E-state index contributed by atoms with van der Waals surface area (Å²) >= 11 is 0. The zero-order valence-electron chi connectivity index (χ0n) is 34.4. The lowest BCUT2D eigenvalue weighted by atomic mass is 9.89. The van der Waals surface area contributed by atoms with E-state index in [4.69, 9.17) is 23.8 Å². The first-order chi connectivity index (χ1) is 31.7. The van der Waals surface area contributed by atoms with Crippen molar-refractivity contribution in [2.24, 2.45) is 0 Å². The first kappa shape index (κ1) is 36.0. The molecular weight excluding hydrogens is 783 g/mol. The van der Waals surface area contributed by atoms with Gasteiger partial charge in [0, 0.05) is 71.1 Å². The largest absolute Gasteiger partial charge is 0.456 e. The van der Waals surface area contributed by atoms with Crippen molar-refractivity contribution < 1.29 is 8.83 Å². The lowest BCUT2D eigenvalue weighted by Crippen LogP contribution is -1.96. The van der Waals surface area contributed by atoms with E-state index in [1.54, 1.807) is 0 Å². The number of furan rings is 2. The maximum atomic E-state index is 6.65. The Morgan fingerprint density at radius 2 is 0.906 bits per heavy atom. The van der Waals surface area contributed by atoms with Crippen LogP contribution in [0.5, 0.6) is 0 Å². The van der Waals surface area contributed by atoms with E-state index in [2.05, 4.69) is 164 Å². The van der Waals surface area contributed by atoms with Gasteiger partial charge in [-0.05, 0) is 47.5 Å². The van der Waals surface area contributed by atoms with Crippen molar-refractivity contribution in [2.75, 3.05) is 0 Å². The highest BCUT2D eigenvalue weighted by Crippen LogP contribution is 2.47. The van der Waals surface area contributed by atoms with Gasteiger partial charge in [-0.25, -0.2) is 15.0 Å². The summed E-state index contributed by atoms with van der Waals surface area (Å²) in [5.41, 5.74) is 15.2. The van der Waals surface area contributed by atoms with Gasteiger partial charge in [0.15, 0.2) is 5.82 Å². The number of rotatable bonds is 6. The SMILES string of the molecule is c1ccc(-c2nc(-c3ccc(-c4c5c(cc6c(-c7ccccc7)nc7ccccc7c46)oc4ccccc45)cc3)cc(-c3cccc(-c4cccc5c4oc4ccccc45)c3)n2)cc1. The van der Waals surface area contributed by atoms with Gasteiger partial charge < -0.3 is 8.83 Å². The van der Waals surface area contributed by atoms with Crippen LogP contribution < -0.4 is 0 Å². The Labute approximate surface area is 367 Å². The van der Waals surface area contributed by atoms with Gasteiger partial charge in [0.1, 0.15) is 22.3 Å². The van der Waals surface area contributed by atoms with Crippen LogP contribution in [0.2, 0.25) is 0 Å². The molecule has 13 rings (SSSR count). The van der Waals surface area contributed by atoms with Crippen LogP contribution in [0.4, 0.5) is 0 Å². The molecule has 0 unspecified atom stereocenters. The zero-order chi connectivity index (χ0) is 42.1. The molecule has 0 saturated carbocycles. The highest BCUT2D eigenvalue weighted by atomic mass is 16.3. The van der Waals surface area contributed by atoms with Gasteiger partial charge in [-0.1, -0.05) is 176 Å². The van der Waals surface area contributed by atoms with Crippen molar-refractivity contribution in [3.05, 3.63) is 212 Å². The van der Waals surface area contributed by atoms with E-state index in [0.29, 0.717) is 5.82 Å². The van der Waals surface area contributed by atoms with Gasteiger partial charge in [-0.3, -0.25) is 0 Å². The second kappa shape index (κ2) is 14.5. The molecule has 9 aromatic carbocycles. The van der Waals surface area contributed by atoms with E-state index in [1.165, 1.54) is 0 Å². The Balaban J connectivity index is 0.993. The molecule has 13 aromatic rings. The van der Waals surface area contributed by atoms with Crippen molar-refractivity contribution in [2.45, 2.75) is 0 Å². The molecule has 0 amide bonds. The molecule has 0 fully saturated rings. The molecule has 0 saturated heterocycles. The standard InChI is InChI=1S/C59H35N3O2/c1-3-15-38(16-4-1)57-47-34-53-56(46-23-9-12-28-52(46)63-53)54(55(47)45-22-7-10-26-48(45)60-57)37-31-29-36(30-32-37)49-35-50(62-59(61-49)39-17-5-2-6-18-39)41-20-13-19-40(33-41)42-24-14-25-44-43-21-8-11-27-51(43)64-58(42)44/h1-35H. The highest BCUT2D eigenvalue weighted by Gasteiger charge is 2.22. The van der Waals surface area contributed by atoms with Crippen LogP contribution in [-0.4, -0.2) is 15.0 Å². The highest BCUT2D eigenvalue weighted by molar-refractivity contribution is 6.27. The molecule has 0 bridgehead atoms. The van der Waals surface area contributed by atoms with E-state index in [-0.39, 0.29) is 0 Å². The molecule has 298 valence electrons. The number of fused-ring (bicyclic) bond motifs is 9. The molecule has 0 atom stereocenters. The summed E-state index contributed by atoms with van der Waals surface area (Å²) in [6.07, 6.45) is 0. The predicted molar refractivity (Wildman–Crippen MR) is 262 cm³/mol. The van der Waals surface area contributed by atoms with Gasteiger partial charge in [-0.15, -0.1) is 0 Å². The summed E-state index contributed by atoms with van der Waals surface area (Å²) < 4.78 is 13.1. The Bertz CT molecular complexity index is 3950. The Morgan fingerprint density at radius 1 is 0.312 bits per heavy atom. The molecule has 0 N–H and O–H groups in total. The average Bonchev–Trinajstić information content (AvgIpc) is 3.94. The van der Waals surface area contributed by atoms with Crippen LogP contribution in [0.1, 0.15) is 0 Å². The first-order valence-corrected chi connectivity index (χ1v) is 21.5. The minimum absolute atomic E-state index is 0.662. The van der Waals surface area contributed by atoms with Crippen molar-refractivity contribution in [1.29, 1.82) is 0 Å². The van der Waals surface area contributed by atoms with E-state index < -0.39 is 0 Å². The molecule has 0 radical (unpaired) electrons. The normalized spacial score (nSPS) is 11.8. The molecule has 0 aliphatic carbocycles. The summed E-state index contributed by atoms with van der Waals surface area (Å²) in [5.74, 6) is 0.662. The monoisotopic (exact) mass is 817 g/mol. The molecule has 5 nitrogen and oxygen atoms in total. The number of benzene rings is 9. The summed E-state index contributed by atoms with van der Waals surface area (Å²) in [4.78, 5) is 15.7. The lowest BCUT2D eigenvalue weighted by molar-refractivity contribution is 0.669. The first-order valence-electron chi connectivity index (χ1n) is 21.5. The lowest BCUT2D eigenvalue weighted by Gasteiger charge is -2.16. The van der Waals surface area contributed by atoms with Crippen LogP contribution in [0, 0.1) is 0 Å².